The van der Waals surface area contributed by atoms with E-state index >= 15 is 0 Å². The van der Waals surface area contributed by atoms with E-state index < -0.39 is 57.8 Å². The minimum absolute atomic E-state index is 0.159. The molecule has 3 atom stereocenters. The Labute approximate surface area is 441 Å². The molecule has 0 aliphatic heterocycles. The van der Waals surface area contributed by atoms with Gasteiger partial charge >= 0.3 is 25.7 Å². The van der Waals surface area contributed by atoms with Gasteiger partial charge in [0.2, 0.25) is 0 Å². The molecule has 420 valence electrons. The van der Waals surface area contributed by atoms with Gasteiger partial charge in [-0.3, -0.25) is 23.4 Å². The maximum Gasteiger partial charge on any atom is 0.472 e. The maximum atomic E-state index is 12.9. The van der Waals surface area contributed by atoms with Gasteiger partial charge in [0, 0.05) is 19.3 Å². The molecular weight excluding hydrogens is 928 g/mol. The molecule has 12 heteroatoms. The first-order valence-electron chi connectivity index (χ1n) is 29.5. The predicted octanol–water partition coefficient (Wildman–Crippen LogP) is 17.4. The monoisotopic (exact) mass is 1040 g/mol. The average molecular weight is 1040 g/mol. The summed E-state index contributed by atoms with van der Waals surface area (Å²) in [4.78, 5) is 48.5. The molecule has 0 aliphatic carbocycles. The van der Waals surface area contributed by atoms with Crippen LogP contribution in [0.15, 0.2) is 48.6 Å². The number of aliphatic hydroxyl groups is 1. The standard InChI is InChI=1S/C60H109O11P/c1-4-7-10-13-16-19-22-24-26-27-28-29-31-33-36-39-42-45-48-51-60(64)71-57(53-67-58(62)49-46-43-40-37-34-21-18-15-12-9-6-3)55-69-72(65,66)68-54-56(52-61)70-59(63)50-47-44-41-38-35-32-30-25-23-20-17-14-11-8-5-2/h8,11,17,20,24-26,30,56-57,61H,4-7,9-10,12-16,18-19,21-23,27-29,31-55H2,1-3H3,(H,65,66)/b11-8-,20-17-,26-24-,30-25-. The number of ether oxygens (including phenoxy) is 3. The lowest BCUT2D eigenvalue weighted by Gasteiger charge is -2.21. The summed E-state index contributed by atoms with van der Waals surface area (Å²) in [5, 5.41) is 9.81. The minimum atomic E-state index is -4.75. The van der Waals surface area contributed by atoms with Crippen molar-refractivity contribution in [1.82, 2.24) is 0 Å². The summed E-state index contributed by atoms with van der Waals surface area (Å²) < 4.78 is 39.5. The smallest absolute Gasteiger partial charge is 0.462 e. The van der Waals surface area contributed by atoms with Gasteiger partial charge in [0.15, 0.2) is 6.10 Å². The molecule has 0 radical (unpaired) electrons. The molecule has 0 saturated heterocycles. The van der Waals surface area contributed by atoms with Crippen LogP contribution in [0.5, 0.6) is 0 Å². The van der Waals surface area contributed by atoms with Gasteiger partial charge in [0.25, 0.3) is 0 Å². The van der Waals surface area contributed by atoms with Gasteiger partial charge in [-0.15, -0.1) is 0 Å². The van der Waals surface area contributed by atoms with Gasteiger partial charge in [-0.1, -0.05) is 230 Å². The average Bonchev–Trinajstić information content (AvgIpc) is 3.37. The molecule has 0 bridgehead atoms. The fourth-order valence-corrected chi connectivity index (χ4v) is 9.03. The van der Waals surface area contributed by atoms with Crippen molar-refractivity contribution in [2.75, 3.05) is 26.4 Å². The fraction of sp³-hybridized carbons (Fsp3) is 0.817. The van der Waals surface area contributed by atoms with Crippen LogP contribution < -0.4 is 0 Å². The molecule has 0 rings (SSSR count). The molecule has 0 aromatic rings. The summed E-state index contributed by atoms with van der Waals surface area (Å²) in [5.41, 5.74) is 0. The third-order valence-electron chi connectivity index (χ3n) is 12.7. The van der Waals surface area contributed by atoms with E-state index in [-0.39, 0.29) is 25.9 Å². The van der Waals surface area contributed by atoms with Crippen LogP contribution in [0.4, 0.5) is 0 Å². The highest BCUT2D eigenvalue weighted by Gasteiger charge is 2.28. The van der Waals surface area contributed by atoms with E-state index in [9.17, 15) is 28.9 Å². The number of unbranched alkanes of at least 4 members (excludes halogenated alkanes) is 30. The molecule has 72 heavy (non-hydrogen) atoms. The van der Waals surface area contributed by atoms with Gasteiger partial charge < -0.3 is 24.2 Å². The van der Waals surface area contributed by atoms with Gasteiger partial charge in [0.05, 0.1) is 19.8 Å². The number of aliphatic hydroxyl groups excluding tert-OH is 1. The fourth-order valence-electron chi connectivity index (χ4n) is 8.25. The lowest BCUT2D eigenvalue weighted by Crippen LogP contribution is -2.30. The Balaban J connectivity index is 4.66. The van der Waals surface area contributed by atoms with Crippen molar-refractivity contribution in [3.8, 4) is 0 Å². The summed E-state index contributed by atoms with van der Waals surface area (Å²) in [5.74, 6) is -1.47. The molecular formula is C60H109O11P. The number of carbonyl (C=O) groups excluding carboxylic acids is 3. The van der Waals surface area contributed by atoms with E-state index in [1.54, 1.807) is 0 Å². The number of carbonyl (C=O) groups is 3. The van der Waals surface area contributed by atoms with Crippen molar-refractivity contribution >= 4 is 25.7 Å². The summed E-state index contributed by atoms with van der Waals surface area (Å²) in [6.45, 7) is 4.53. The second-order valence-corrected chi connectivity index (χ2v) is 21.2. The predicted molar refractivity (Wildman–Crippen MR) is 298 cm³/mol. The third kappa shape index (κ3) is 52.3. The zero-order valence-corrected chi connectivity index (χ0v) is 47.3. The lowest BCUT2D eigenvalue weighted by molar-refractivity contribution is -0.161. The molecule has 0 amide bonds. The molecule has 3 unspecified atom stereocenters. The van der Waals surface area contributed by atoms with Crippen molar-refractivity contribution in [1.29, 1.82) is 0 Å². The van der Waals surface area contributed by atoms with Crippen molar-refractivity contribution < 1.29 is 52.2 Å². The minimum Gasteiger partial charge on any atom is -0.462 e. The Morgan fingerprint density at radius 3 is 1.12 bits per heavy atom. The lowest BCUT2D eigenvalue weighted by atomic mass is 10.1. The van der Waals surface area contributed by atoms with E-state index in [1.807, 2.05) is 0 Å². The highest BCUT2D eigenvalue weighted by Crippen LogP contribution is 2.43. The number of hydrogen-bond donors (Lipinski definition) is 2. The number of esters is 3. The Morgan fingerprint density at radius 2 is 0.722 bits per heavy atom. The molecule has 0 heterocycles. The largest absolute Gasteiger partial charge is 0.472 e. The first-order valence-corrected chi connectivity index (χ1v) is 31.0. The zero-order valence-electron chi connectivity index (χ0n) is 46.4. The zero-order chi connectivity index (χ0) is 52.7. The van der Waals surface area contributed by atoms with E-state index in [0.29, 0.717) is 19.3 Å². The molecule has 0 spiro atoms. The second kappa shape index (κ2) is 54.7. The second-order valence-electron chi connectivity index (χ2n) is 19.8. The van der Waals surface area contributed by atoms with E-state index in [2.05, 4.69) is 69.4 Å². The van der Waals surface area contributed by atoms with E-state index in [4.69, 9.17) is 23.3 Å². The SMILES string of the molecule is CC/C=C\C/C=C\C/C=C\CCCCCCCC(=O)OC(CO)COP(=O)(O)OCC(COC(=O)CCCCCCCCCCCCC)OC(=O)CCCCCCCCCCC/C=C\CCCCCCCC. The van der Waals surface area contributed by atoms with Crippen LogP contribution in [-0.4, -0.2) is 66.5 Å². The maximum absolute atomic E-state index is 12.9. The Morgan fingerprint density at radius 1 is 0.403 bits per heavy atom. The summed E-state index contributed by atoms with van der Waals surface area (Å²) >= 11 is 0. The van der Waals surface area contributed by atoms with Crippen LogP contribution in [0.2, 0.25) is 0 Å². The molecule has 2 N–H and O–H groups in total. The number of hydrogen-bond acceptors (Lipinski definition) is 10. The van der Waals surface area contributed by atoms with Crippen LogP contribution >= 0.6 is 7.82 Å². The number of rotatable bonds is 55. The van der Waals surface area contributed by atoms with Gasteiger partial charge in [-0.25, -0.2) is 4.57 Å². The van der Waals surface area contributed by atoms with E-state index in [0.717, 1.165) is 89.9 Å². The molecule has 0 fully saturated rings. The first kappa shape index (κ1) is 69.4. The third-order valence-corrected chi connectivity index (χ3v) is 13.7. The van der Waals surface area contributed by atoms with Gasteiger partial charge in [-0.05, 0) is 77.0 Å². The van der Waals surface area contributed by atoms with Gasteiger partial charge in [-0.2, -0.15) is 0 Å². The quantitative estimate of drug-likeness (QED) is 0.0197. The summed E-state index contributed by atoms with van der Waals surface area (Å²) in [7, 11) is -4.75. The Kier molecular flexibility index (Phi) is 52.7. The molecule has 0 aromatic carbocycles. The van der Waals surface area contributed by atoms with Crippen molar-refractivity contribution in [2.45, 2.75) is 290 Å². The van der Waals surface area contributed by atoms with Crippen LogP contribution in [0.25, 0.3) is 0 Å². The number of allylic oxidation sites excluding steroid dienone is 8. The first-order chi connectivity index (χ1) is 35.2. The van der Waals surface area contributed by atoms with Gasteiger partial charge in [0.1, 0.15) is 12.7 Å². The Bertz CT molecular complexity index is 1400. The Hall–Kier alpha value is -2.56. The molecule has 11 nitrogen and oxygen atoms in total. The number of phosphoric ester groups is 1. The highest BCUT2D eigenvalue weighted by atomic mass is 31.2. The van der Waals surface area contributed by atoms with Crippen LogP contribution in [0, 0.1) is 0 Å². The van der Waals surface area contributed by atoms with Crippen LogP contribution in [-0.2, 0) is 42.2 Å². The van der Waals surface area contributed by atoms with E-state index in [1.165, 1.54) is 128 Å². The molecule has 0 aromatic heterocycles. The topological polar surface area (TPSA) is 155 Å². The van der Waals surface area contributed by atoms with Crippen molar-refractivity contribution in [3.05, 3.63) is 48.6 Å². The summed E-state index contributed by atoms with van der Waals surface area (Å²) in [6.07, 6.45) is 57.8. The van der Waals surface area contributed by atoms with Crippen molar-refractivity contribution in [2.24, 2.45) is 0 Å². The molecule has 0 aliphatic rings. The number of phosphoric acid groups is 1. The van der Waals surface area contributed by atoms with Crippen LogP contribution in [0.3, 0.4) is 0 Å². The van der Waals surface area contributed by atoms with Crippen LogP contribution in [0.1, 0.15) is 278 Å². The highest BCUT2D eigenvalue weighted by molar-refractivity contribution is 7.47. The summed E-state index contributed by atoms with van der Waals surface area (Å²) in [6, 6.07) is 0. The molecule has 0 saturated carbocycles. The van der Waals surface area contributed by atoms with Crippen molar-refractivity contribution in [3.63, 3.8) is 0 Å². The normalized spacial score (nSPS) is 13.7.